The van der Waals surface area contributed by atoms with Gasteiger partial charge in [-0.3, -0.25) is 37.3 Å². The molecule has 0 radical (unpaired) electrons. The molecule has 0 saturated carbocycles. The number of hydrogen-bond donors (Lipinski definition) is 3. The molecule has 7 atom stereocenters. The number of carbonyl (C=O) groups excluding carboxylic acids is 4. The fourth-order valence-corrected chi connectivity index (χ4v) is 12.2. The normalized spacial score (nSPS) is 14.9. The Bertz CT molecular complexity index is 1920. The standard InChI is InChI=1S/C74H140O17P2/c1-8-11-12-13-14-15-16-17-18-22-25-28-33-41-48-55-71(76)84-62-70(91-74(79)58-51-44-37-36-40-47-54-67(7)10-3)64-89-93(82,83)87-60-68(75)59-86-92(80,81)88-63-69(61-85-72(77)56-49-42-35-30-31-38-45-52-65(4)5)90-73(78)57-50-43-34-29-26-23-20-19-21-24-27-32-39-46-53-66(6)9-2/h15-18,65-70,75H,8-14,19-64H2,1-7H3,(H,80,81)(H,82,83)/b16-15-,18-17-/t66?,67?,68?,69-,70-/m1/s1. The lowest BCUT2D eigenvalue weighted by Gasteiger charge is -2.21. The lowest BCUT2D eigenvalue weighted by Crippen LogP contribution is -2.30. The summed E-state index contributed by atoms with van der Waals surface area (Å²) in [5, 5.41) is 10.6. The summed E-state index contributed by atoms with van der Waals surface area (Å²) in [6.07, 6.45) is 52.3. The van der Waals surface area contributed by atoms with E-state index in [1.165, 1.54) is 135 Å². The van der Waals surface area contributed by atoms with E-state index >= 15 is 0 Å². The van der Waals surface area contributed by atoms with Gasteiger partial charge in [0.15, 0.2) is 12.2 Å². The maximum Gasteiger partial charge on any atom is 0.472 e. The average molecular weight is 1360 g/mol. The first-order valence-electron chi connectivity index (χ1n) is 37.7. The monoisotopic (exact) mass is 1360 g/mol. The molecule has 0 aromatic heterocycles. The average Bonchev–Trinajstić information content (AvgIpc) is 3.35. The summed E-state index contributed by atoms with van der Waals surface area (Å²) < 4.78 is 68.3. The highest BCUT2D eigenvalue weighted by molar-refractivity contribution is 7.47. The van der Waals surface area contributed by atoms with Crippen LogP contribution in [0.15, 0.2) is 24.3 Å². The predicted molar refractivity (Wildman–Crippen MR) is 377 cm³/mol. The number of rotatable bonds is 70. The number of unbranched alkanes of at least 4 members (excludes halogenated alkanes) is 33. The first kappa shape index (κ1) is 90.5. The fourth-order valence-electron chi connectivity index (χ4n) is 10.6. The van der Waals surface area contributed by atoms with E-state index in [2.05, 4.69) is 72.8 Å². The Balaban J connectivity index is 5.24. The second kappa shape index (κ2) is 64.2. The molecule has 0 saturated heterocycles. The molecule has 548 valence electrons. The van der Waals surface area contributed by atoms with Gasteiger partial charge in [0.2, 0.25) is 0 Å². The topological polar surface area (TPSA) is 237 Å². The van der Waals surface area contributed by atoms with Gasteiger partial charge < -0.3 is 33.8 Å². The molecule has 17 nitrogen and oxygen atoms in total. The third-order valence-corrected chi connectivity index (χ3v) is 19.1. The summed E-state index contributed by atoms with van der Waals surface area (Å²) in [5.41, 5.74) is 0. The van der Waals surface area contributed by atoms with E-state index in [9.17, 15) is 43.2 Å². The van der Waals surface area contributed by atoms with Crippen LogP contribution in [0.1, 0.15) is 350 Å². The summed E-state index contributed by atoms with van der Waals surface area (Å²) in [6, 6.07) is 0. The summed E-state index contributed by atoms with van der Waals surface area (Å²) in [6.45, 7) is 11.8. The molecule has 0 fully saturated rings. The number of carbonyl (C=O) groups is 4. The molecular formula is C74H140O17P2. The second-order valence-electron chi connectivity index (χ2n) is 27.0. The molecule has 0 aromatic rings. The van der Waals surface area contributed by atoms with Crippen LogP contribution in [0.3, 0.4) is 0 Å². The highest BCUT2D eigenvalue weighted by Gasteiger charge is 2.30. The van der Waals surface area contributed by atoms with Gasteiger partial charge in [-0.2, -0.15) is 0 Å². The predicted octanol–water partition coefficient (Wildman–Crippen LogP) is 21.0. The van der Waals surface area contributed by atoms with Crippen molar-refractivity contribution in [2.24, 2.45) is 17.8 Å². The van der Waals surface area contributed by atoms with Crippen molar-refractivity contribution < 1.29 is 80.2 Å². The number of phosphoric ester groups is 2. The van der Waals surface area contributed by atoms with Crippen LogP contribution in [-0.2, 0) is 65.4 Å². The van der Waals surface area contributed by atoms with Crippen molar-refractivity contribution in [3.05, 3.63) is 24.3 Å². The molecule has 93 heavy (non-hydrogen) atoms. The lowest BCUT2D eigenvalue weighted by molar-refractivity contribution is -0.161. The van der Waals surface area contributed by atoms with E-state index in [0.717, 1.165) is 121 Å². The first-order valence-corrected chi connectivity index (χ1v) is 40.7. The smallest absolute Gasteiger partial charge is 0.462 e. The van der Waals surface area contributed by atoms with Gasteiger partial charge in [-0.15, -0.1) is 0 Å². The minimum absolute atomic E-state index is 0.0958. The minimum atomic E-state index is -4.96. The van der Waals surface area contributed by atoms with Crippen LogP contribution in [0.2, 0.25) is 0 Å². The zero-order valence-corrected chi connectivity index (χ0v) is 62.0. The Morgan fingerprint density at radius 2 is 0.634 bits per heavy atom. The van der Waals surface area contributed by atoms with Crippen LogP contribution in [0, 0.1) is 17.8 Å². The van der Waals surface area contributed by atoms with Crippen molar-refractivity contribution in [1.82, 2.24) is 0 Å². The van der Waals surface area contributed by atoms with Crippen LogP contribution in [-0.4, -0.2) is 96.7 Å². The number of aliphatic hydroxyl groups excluding tert-OH is 1. The van der Waals surface area contributed by atoms with Crippen molar-refractivity contribution >= 4 is 39.5 Å². The molecule has 0 aliphatic heterocycles. The number of aliphatic hydroxyl groups is 1. The van der Waals surface area contributed by atoms with Gasteiger partial charge in [0, 0.05) is 25.7 Å². The summed E-state index contributed by atoms with van der Waals surface area (Å²) >= 11 is 0. The maximum atomic E-state index is 13.0. The third kappa shape index (κ3) is 65.3. The van der Waals surface area contributed by atoms with E-state index in [1.54, 1.807) is 0 Å². The molecule has 3 N–H and O–H groups in total. The minimum Gasteiger partial charge on any atom is -0.462 e. The highest BCUT2D eigenvalue weighted by atomic mass is 31.2. The molecule has 0 aliphatic rings. The van der Waals surface area contributed by atoms with Gasteiger partial charge >= 0.3 is 39.5 Å². The van der Waals surface area contributed by atoms with Gasteiger partial charge in [0.05, 0.1) is 26.4 Å². The molecule has 0 rings (SSSR count). The quantitative estimate of drug-likeness (QED) is 0.0169. The molecule has 0 amide bonds. The zero-order chi connectivity index (χ0) is 68.7. The van der Waals surface area contributed by atoms with Gasteiger partial charge in [0.1, 0.15) is 19.3 Å². The third-order valence-electron chi connectivity index (χ3n) is 17.2. The Labute approximate surface area is 567 Å². The van der Waals surface area contributed by atoms with Crippen LogP contribution >= 0.6 is 15.6 Å². The van der Waals surface area contributed by atoms with Crippen molar-refractivity contribution in [3.8, 4) is 0 Å². The molecule has 0 aromatic carbocycles. The first-order chi connectivity index (χ1) is 44.8. The molecule has 5 unspecified atom stereocenters. The lowest BCUT2D eigenvalue weighted by atomic mass is 9.99. The Morgan fingerprint density at radius 3 is 0.957 bits per heavy atom. The summed E-state index contributed by atoms with van der Waals surface area (Å²) in [4.78, 5) is 72.6. The van der Waals surface area contributed by atoms with E-state index < -0.39 is 97.5 Å². The molecule has 0 bridgehead atoms. The molecular weight excluding hydrogens is 1220 g/mol. The number of hydrogen-bond acceptors (Lipinski definition) is 15. The van der Waals surface area contributed by atoms with Crippen LogP contribution < -0.4 is 0 Å². The SMILES string of the molecule is CCCCCC/C=C\C=C/CCCCCCCC(=O)OC[C@H](COP(=O)(O)OCC(O)COP(=O)(O)OC[C@@H](COC(=O)CCCCCCCCCC(C)C)OC(=O)CCCCCCCCCCCCCCCCC(C)CC)OC(=O)CCCCCCCCC(C)CC. The highest BCUT2D eigenvalue weighted by Crippen LogP contribution is 2.45. The fraction of sp³-hybridized carbons (Fsp3) is 0.892. The number of esters is 4. The molecule has 19 heteroatoms. The van der Waals surface area contributed by atoms with Gasteiger partial charge in [0.25, 0.3) is 0 Å². The largest absolute Gasteiger partial charge is 0.472 e. The number of ether oxygens (including phenoxy) is 4. The Morgan fingerprint density at radius 1 is 0.355 bits per heavy atom. The Kier molecular flexibility index (Phi) is 62.5. The van der Waals surface area contributed by atoms with Crippen molar-refractivity contribution in [3.63, 3.8) is 0 Å². The van der Waals surface area contributed by atoms with Gasteiger partial charge in [-0.05, 0) is 69.1 Å². The van der Waals surface area contributed by atoms with E-state index in [1.807, 2.05) is 0 Å². The van der Waals surface area contributed by atoms with Gasteiger partial charge in [-0.1, -0.05) is 297 Å². The van der Waals surface area contributed by atoms with Crippen molar-refractivity contribution in [2.75, 3.05) is 39.6 Å². The van der Waals surface area contributed by atoms with Crippen LogP contribution in [0.5, 0.6) is 0 Å². The second-order valence-corrected chi connectivity index (χ2v) is 29.9. The van der Waals surface area contributed by atoms with E-state index in [0.29, 0.717) is 37.5 Å². The Hall–Kier alpha value is -2.46. The van der Waals surface area contributed by atoms with Crippen LogP contribution in [0.4, 0.5) is 0 Å². The summed E-state index contributed by atoms with van der Waals surface area (Å²) in [7, 11) is -9.92. The van der Waals surface area contributed by atoms with Crippen molar-refractivity contribution in [2.45, 2.75) is 369 Å². The van der Waals surface area contributed by atoms with Crippen LogP contribution in [0.25, 0.3) is 0 Å². The van der Waals surface area contributed by atoms with E-state index in [4.69, 9.17) is 37.0 Å². The maximum absolute atomic E-state index is 13.0. The number of phosphoric acid groups is 2. The van der Waals surface area contributed by atoms with E-state index in [-0.39, 0.29) is 25.7 Å². The molecule has 0 aliphatic carbocycles. The van der Waals surface area contributed by atoms with Gasteiger partial charge in [-0.25, -0.2) is 9.13 Å². The molecule has 0 spiro atoms. The van der Waals surface area contributed by atoms with Crippen molar-refractivity contribution in [1.29, 1.82) is 0 Å². The zero-order valence-electron chi connectivity index (χ0n) is 60.2. The summed E-state index contributed by atoms with van der Waals surface area (Å²) in [5.74, 6) is 0.109. The molecule has 0 heterocycles. The number of allylic oxidation sites excluding steroid dienone is 4.